The highest BCUT2D eigenvalue weighted by Crippen LogP contribution is 2.42. The number of hydrogen-bond acceptors (Lipinski definition) is 9. The van der Waals surface area contributed by atoms with Crippen LogP contribution >= 0.6 is 0 Å². The van der Waals surface area contributed by atoms with Gasteiger partial charge in [0.25, 0.3) is 6.48 Å². The van der Waals surface area contributed by atoms with Gasteiger partial charge in [-0.25, -0.2) is 0 Å². The van der Waals surface area contributed by atoms with Gasteiger partial charge in [-0.15, -0.1) is 5.92 Å². The molecule has 0 spiro atoms. The molecule has 8 N–H and O–H groups in total. The first kappa shape index (κ1) is 19.4. The van der Waals surface area contributed by atoms with Crippen LogP contribution in [0.4, 0.5) is 5.82 Å². The number of aliphatic imine (C=N–C) groups is 1. The monoisotopic (exact) mass is 377 g/mol. The molecule has 1 aromatic heterocycles. The number of rotatable bonds is 4. The summed E-state index contributed by atoms with van der Waals surface area (Å²) in [7, 11) is 0. The third-order valence-corrected chi connectivity index (χ3v) is 4.61. The largest absolute Gasteiger partial charge is 0.387 e. The molecule has 0 saturated carbocycles. The third kappa shape index (κ3) is 3.21. The van der Waals surface area contributed by atoms with E-state index in [0.29, 0.717) is 17.1 Å². The molecule has 2 aliphatic heterocycles. The maximum Gasteiger partial charge on any atom is 0.266 e. The SMILES string of the molecule is C=C1NC(N)=Nc2c1ccn2[C@@H]1O[C@H]([C@H](C)OC(O)O)C(O)C1(N)C#CC. The Balaban J connectivity index is 2.04. The van der Waals surface area contributed by atoms with Crippen molar-refractivity contribution in [2.24, 2.45) is 16.5 Å². The Morgan fingerprint density at radius 3 is 2.85 bits per heavy atom. The molecular weight excluding hydrogens is 354 g/mol. The second-order valence-corrected chi connectivity index (χ2v) is 6.43. The molecule has 1 saturated heterocycles. The third-order valence-electron chi connectivity index (χ3n) is 4.61. The zero-order valence-corrected chi connectivity index (χ0v) is 15.0. The Morgan fingerprint density at radius 1 is 1.52 bits per heavy atom. The minimum Gasteiger partial charge on any atom is -0.387 e. The van der Waals surface area contributed by atoms with Gasteiger partial charge in [-0.05, 0) is 19.9 Å². The van der Waals surface area contributed by atoms with Crippen LogP contribution in [0.15, 0.2) is 23.8 Å². The first-order chi connectivity index (χ1) is 12.7. The molecule has 10 heteroatoms. The van der Waals surface area contributed by atoms with Gasteiger partial charge in [-0.3, -0.25) is 0 Å². The lowest BCUT2D eigenvalue weighted by Gasteiger charge is -2.29. The number of ether oxygens (including phenoxy) is 2. The van der Waals surface area contributed by atoms with Gasteiger partial charge in [-0.1, -0.05) is 12.5 Å². The fraction of sp³-hybridized carbons (Fsp3) is 0.471. The summed E-state index contributed by atoms with van der Waals surface area (Å²) in [6.07, 6.45) is -2.36. The minimum absolute atomic E-state index is 0.159. The van der Waals surface area contributed by atoms with E-state index in [-0.39, 0.29) is 5.96 Å². The summed E-state index contributed by atoms with van der Waals surface area (Å²) in [5, 5.41) is 31.7. The second kappa shape index (κ2) is 6.97. The van der Waals surface area contributed by atoms with Gasteiger partial charge in [0.15, 0.2) is 17.7 Å². The Morgan fingerprint density at radius 2 is 2.22 bits per heavy atom. The van der Waals surface area contributed by atoms with Crippen molar-refractivity contribution in [2.45, 2.75) is 50.4 Å². The molecule has 3 rings (SSSR count). The minimum atomic E-state index is -2.02. The lowest BCUT2D eigenvalue weighted by molar-refractivity contribution is -0.272. The maximum atomic E-state index is 10.8. The highest BCUT2D eigenvalue weighted by molar-refractivity contribution is 5.94. The van der Waals surface area contributed by atoms with E-state index in [2.05, 4.69) is 28.7 Å². The molecule has 10 nitrogen and oxygen atoms in total. The van der Waals surface area contributed by atoms with Crippen molar-refractivity contribution in [1.29, 1.82) is 0 Å². The highest BCUT2D eigenvalue weighted by Gasteiger charge is 2.56. The van der Waals surface area contributed by atoms with Crippen molar-refractivity contribution < 1.29 is 24.8 Å². The maximum absolute atomic E-state index is 10.8. The number of fused-ring (bicyclic) bond motifs is 1. The van der Waals surface area contributed by atoms with Crippen LogP contribution < -0.4 is 16.8 Å². The zero-order valence-electron chi connectivity index (χ0n) is 15.0. The Labute approximate surface area is 156 Å². The van der Waals surface area contributed by atoms with E-state index in [1.807, 2.05) is 0 Å². The van der Waals surface area contributed by atoms with Crippen LogP contribution in [0.3, 0.4) is 0 Å². The van der Waals surface area contributed by atoms with Crippen molar-refractivity contribution >= 4 is 17.5 Å². The van der Waals surface area contributed by atoms with E-state index in [1.54, 1.807) is 23.8 Å². The van der Waals surface area contributed by atoms with Crippen LogP contribution in [-0.4, -0.2) is 56.2 Å². The number of aromatic nitrogens is 1. The number of nitrogens with two attached hydrogens (primary N) is 2. The number of guanidine groups is 1. The standard InChI is InChI=1S/C17H23N5O5/c1-4-6-17(19)12(23)11(9(3)26-16(24)25)27-14(17)22-7-5-10-8(2)20-15(18)21-13(10)22/h5,7,9,11-12,14,16,23-25H,2,19H2,1,3H3,(H3,18,20,21)/t9-,11+,12?,14+,17?/m0/s1. The van der Waals surface area contributed by atoms with Gasteiger partial charge in [-0.2, -0.15) is 4.99 Å². The number of nitrogens with one attached hydrogen (secondary N) is 1. The van der Waals surface area contributed by atoms with Crippen molar-refractivity contribution in [3.63, 3.8) is 0 Å². The van der Waals surface area contributed by atoms with E-state index < -0.39 is 36.6 Å². The molecule has 0 aliphatic carbocycles. The normalized spacial score (nSPS) is 31.0. The van der Waals surface area contributed by atoms with Crippen LogP contribution in [0.25, 0.3) is 5.70 Å². The molecule has 146 valence electrons. The van der Waals surface area contributed by atoms with Crippen molar-refractivity contribution in [1.82, 2.24) is 9.88 Å². The van der Waals surface area contributed by atoms with Gasteiger partial charge >= 0.3 is 0 Å². The molecule has 2 aliphatic rings. The summed E-state index contributed by atoms with van der Waals surface area (Å²) in [4.78, 5) is 4.28. The van der Waals surface area contributed by atoms with Crippen LogP contribution in [0, 0.1) is 11.8 Å². The first-order valence-electron chi connectivity index (χ1n) is 8.28. The van der Waals surface area contributed by atoms with Crippen LogP contribution in [0.1, 0.15) is 25.6 Å². The van der Waals surface area contributed by atoms with E-state index in [0.717, 1.165) is 0 Å². The number of aliphatic hydroxyl groups is 3. The molecule has 0 radical (unpaired) electrons. The quantitative estimate of drug-likeness (QED) is 0.278. The molecule has 0 bridgehead atoms. The summed E-state index contributed by atoms with van der Waals surface area (Å²) < 4.78 is 12.5. The van der Waals surface area contributed by atoms with Gasteiger partial charge in [0, 0.05) is 17.5 Å². The number of aliphatic hydroxyl groups excluding tert-OH is 2. The van der Waals surface area contributed by atoms with Crippen molar-refractivity contribution in [2.75, 3.05) is 0 Å². The summed E-state index contributed by atoms with van der Waals surface area (Å²) in [5.74, 6) is 6.14. The molecule has 2 unspecified atom stereocenters. The van der Waals surface area contributed by atoms with Crippen molar-refractivity contribution in [3.05, 3.63) is 24.4 Å². The molecule has 1 fully saturated rings. The summed E-state index contributed by atoms with van der Waals surface area (Å²) in [6, 6.07) is 1.76. The molecule has 5 atom stereocenters. The van der Waals surface area contributed by atoms with Gasteiger partial charge in [0.1, 0.15) is 18.0 Å². The summed E-state index contributed by atoms with van der Waals surface area (Å²) in [5.41, 5.74) is 12.0. The molecule has 3 heterocycles. The first-order valence-corrected chi connectivity index (χ1v) is 8.28. The topological polar surface area (TPSA) is 161 Å². The Hall–Kier alpha value is -2.39. The predicted molar refractivity (Wildman–Crippen MR) is 96.9 cm³/mol. The van der Waals surface area contributed by atoms with Crippen LogP contribution in [-0.2, 0) is 9.47 Å². The van der Waals surface area contributed by atoms with E-state index in [4.69, 9.17) is 31.2 Å². The lowest BCUT2D eigenvalue weighted by atomic mass is 9.90. The summed E-state index contributed by atoms with van der Waals surface area (Å²) >= 11 is 0. The predicted octanol–water partition coefficient (Wildman–Crippen LogP) is -1.34. The van der Waals surface area contributed by atoms with Gasteiger partial charge in [0.05, 0.1) is 6.10 Å². The fourth-order valence-corrected chi connectivity index (χ4v) is 3.38. The lowest BCUT2D eigenvalue weighted by Crippen LogP contribution is -2.54. The van der Waals surface area contributed by atoms with Crippen LogP contribution in [0.2, 0.25) is 0 Å². The van der Waals surface area contributed by atoms with Gasteiger partial charge < -0.3 is 46.1 Å². The second-order valence-electron chi connectivity index (χ2n) is 6.43. The molecule has 0 aromatic carbocycles. The molecule has 0 amide bonds. The molecule has 1 aromatic rings. The van der Waals surface area contributed by atoms with Gasteiger partial charge in [0.2, 0.25) is 0 Å². The smallest absolute Gasteiger partial charge is 0.266 e. The van der Waals surface area contributed by atoms with E-state index >= 15 is 0 Å². The average Bonchev–Trinajstić information content (AvgIpc) is 3.08. The molecular formula is C17H23N5O5. The van der Waals surface area contributed by atoms with Crippen molar-refractivity contribution in [3.8, 4) is 11.8 Å². The zero-order chi connectivity index (χ0) is 19.9. The average molecular weight is 377 g/mol. The fourth-order valence-electron chi connectivity index (χ4n) is 3.38. The Bertz CT molecular complexity index is 839. The van der Waals surface area contributed by atoms with E-state index in [1.165, 1.54) is 6.92 Å². The Kier molecular flexibility index (Phi) is 5.00. The molecule has 27 heavy (non-hydrogen) atoms. The summed E-state index contributed by atoms with van der Waals surface area (Å²) in [6.45, 7) is 5.01. The van der Waals surface area contributed by atoms with Crippen LogP contribution in [0.5, 0.6) is 0 Å². The number of hydrogen-bond donors (Lipinski definition) is 6. The highest BCUT2D eigenvalue weighted by atomic mass is 16.7. The van der Waals surface area contributed by atoms with E-state index in [9.17, 15) is 5.11 Å². The number of nitrogens with zero attached hydrogens (tertiary/aromatic N) is 2.